The number of hydrogen-bond acceptors (Lipinski definition) is 4. The lowest BCUT2D eigenvalue weighted by molar-refractivity contribution is 0.109. The molecule has 0 aliphatic rings. The molecule has 2 aromatic rings. The van der Waals surface area contributed by atoms with Crippen LogP contribution in [0, 0.1) is 12.3 Å². The molecule has 1 atom stereocenters. The van der Waals surface area contributed by atoms with Crippen LogP contribution >= 0.6 is 12.2 Å². The fourth-order valence-electron chi connectivity index (χ4n) is 2.81. The Morgan fingerprint density at radius 3 is 2.61 bits per heavy atom. The Hall–Kier alpha value is -2.55. The lowest BCUT2D eigenvalue weighted by Gasteiger charge is -2.20. The normalized spacial score (nSPS) is 11.3. The first kappa shape index (κ1) is 21.7. The summed E-state index contributed by atoms with van der Waals surface area (Å²) in [5.41, 5.74) is 2.33. The molecule has 5 heteroatoms. The van der Waals surface area contributed by atoms with Gasteiger partial charge >= 0.3 is 0 Å². The Kier molecular flexibility index (Phi) is 9.33. The number of nitrogens with one attached hydrogen (secondary N) is 1. The van der Waals surface area contributed by atoms with E-state index in [9.17, 15) is 0 Å². The smallest absolute Gasteiger partial charge is 0.162 e. The van der Waals surface area contributed by atoms with Gasteiger partial charge in [-0.15, -0.1) is 6.42 Å². The number of hydrogen-bond donors (Lipinski definition) is 1. The van der Waals surface area contributed by atoms with Gasteiger partial charge in [0.25, 0.3) is 0 Å². The summed E-state index contributed by atoms with van der Waals surface area (Å²) in [6.45, 7) is 3.53. The van der Waals surface area contributed by atoms with E-state index in [1.54, 1.807) is 7.11 Å². The number of thiocarbonyl (C=S) groups is 1. The molecule has 0 aliphatic carbocycles. The van der Waals surface area contributed by atoms with Crippen LogP contribution in [0.1, 0.15) is 18.1 Å². The average Bonchev–Trinajstić information content (AvgIpc) is 2.73. The number of methoxy groups -OCH3 is 1. The molecule has 1 N–H and O–H groups in total. The predicted molar refractivity (Wildman–Crippen MR) is 117 cm³/mol. The third-order valence-electron chi connectivity index (χ3n) is 4.18. The number of rotatable bonds is 11. The zero-order valence-corrected chi connectivity index (χ0v) is 17.3. The van der Waals surface area contributed by atoms with Crippen molar-refractivity contribution in [2.45, 2.75) is 25.9 Å². The monoisotopic (exact) mass is 397 g/mol. The van der Waals surface area contributed by atoms with Gasteiger partial charge in [0.2, 0.25) is 0 Å². The van der Waals surface area contributed by atoms with Gasteiger partial charge in [0, 0.05) is 19.6 Å². The van der Waals surface area contributed by atoms with E-state index in [-0.39, 0.29) is 12.7 Å². The van der Waals surface area contributed by atoms with Crippen LogP contribution in [0.2, 0.25) is 0 Å². The van der Waals surface area contributed by atoms with E-state index in [0.717, 1.165) is 23.4 Å². The highest BCUT2D eigenvalue weighted by Gasteiger charge is 2.15. The van der Waals surface area contributed by atoms with Gasteiger partial charge in [-0.05, 0) is 36.6 Å². The fourth-order valence-corrected chi connectivity index (χ4v) is 3.06. The lowest BCUT2D eigenvalue weighted by Crippen LogP contribution is -2.37. The summed E-state index contributed by atoms with van der Waals surface area (Å²) in [5, 5.41) is 3.33. The van der Waals surface area contributed by atoms with Gasteiger partial charge < -0.3 is 19.5 Å². The fraction of sp³-hybridized carbons (Fsp3) is 0.348. The highest BCUT2D eigenvalue weighted by Crippen LogP contribution is 2.28. The van der Waals surface area contributed by atoms with E-state index in [2.05, 4.69) is 23.4 Å². The Bertz CT molecular complexity index is 786. The van der Waals surface area contributed by atoms with Gasteiger partial charge in [-0.1, -0.05) is 54.5 Å². The maximum absolute atomic E-state index is 5.84. The predicted octanol–water partition coefficient (Wildman–Crippen LogP) is 3.81. The van der Waals surface area contributed by atoms with E-state index < -0.39 is 0 Å². The van der Waals surface area contributed by atoms with E-state index in [1.165, 1.54) is 5.56 Å². The molecule has 0 fully saturated rings. The molecule has 28 heavy (non-hydrogen) atoms. The zero-order valence-electron chi connectivity index (χ0n) is 16.4. The highest BCUT2D eigenvalue weighted by atomic mass is 32.1. The summed E-state index contributed by atoms with van der Waals surface area (Å²) in [6.07, 6.45) is 6.67. The third kappa shape index (κ3) is 6.88. The molecule has 0 heterocycles. The van der Waals surface area contributed by atoms with E-state index in [1.807, 2.05) is 43.3 Å². The quantitative estimate of drug-likeness (QED) is 0.461. The summed E-state index contributed by atoms with van der Waals surface area (Å²) in [6, 6.07) is 16.1. The van der Waals surface area contributed by atoms with Crippen LogP contribution < -0.4 is 14.8 Å². The van der Waals surface area contributed by atoms with Gasteiger partial charge in [0.1, 0.15) is 17.7 Å². The largest absolute Gasteiger partial charge is 0.493 e. The molecule has 0 amide bonds. The minimum Gasteiger partial charge on any atom is -0.493 e. The molecule has 0 aromatic heterocycles. The van der Waals surface area contributed by atoms with Crippen LogP contribution in [0.15, 0.2) is 48.5 Å². The second kappa shape index (κ2) is 12.0. The minimum atomic E-state index is -0.128. The Labute approximate surface area is 173 Å². The van der Waals surface area contributed by atoms with Crippen LogP contribution in [0.4, 0.5) is 0 Å². The minimum absolute atomic E-state index is 0.128. The molecule has 0 saturated carbocycles. The van der Waals surface area contributed by atoms with E-state index in [0.29, 0.717) is 24.7 Å². The highest BCUT2D eigenvalue weighted by molar-refractivity contribution is 7.80. The molecule has 148 valence electrons. The van der Waals surface area contributed by atoms with Crippen LogP contribution in [-0.2, 0) is 17.6 Å². The molecular formula is C23H27NO3S. The van der Waals surface area contributed by atoms with Crippen LogP contribution in [0.5, 0.6) is 11.5 Å². The molecular weight excluding hydrogens is 370 g/mol. The van der Waals surface area contributed by atoms with Crippen molar-refractivity contribution < 1.29 is 14.2 Å². The number of terminal acetylenes is 1. The van der Waals surface area contributed by atoms with Crippen molar-refractivity contribution in [3.63, 3.8) is 0 Å². The second-order valence-electron chi connectivity index (χ2n) is 6.15. The summed E-state index contributed by atoms with van der Waals surface area (Å²) in [7, 11) is 1.62. The number of benzene rings is 2. The van der Waals surface area contributed by atoms with E-state index in [4.69, 9.17) is 32.9 Å². The SMILES string of the molecule is C#CCOc1ccc(CCNC(=S)C(Cc2ccccc2)OCC)cc1OC. The molecule has 0 bridgehead atoms. The molecule has 1 unspecified atom stereocenters. The average molecular weight is 398 g/mol. The molecule has 2 rings (SSSR count). The Morgan fingerprint density at radius 2 is 1.93 bits per heavy atom. The zero-order chi connectivity index (χ0) is 20.2. The molecule has 0 spiro atoms. The van der Waals surface area contributed by atoms with Crippen LogP contribution in [-0.4, -0.2) is 38.0 Å². The van der Waals surface area contributed by atoms with Gasteiger partial charge in [-0.2, -0.15) is 0 Å². The van der Waals surface area contributed by atoms with Crippen molar-refractivity contribution >= 4 is 17.2 Å². The lowest BCUT2D eigenvalue weighted by atomic mass is 10.1. The summed E-state index contributed by atoms with van der Waals surface area (Å²) < 4.78 is 16.7. The van der Waals surface area contributed by atoms with Crippen LogP contribution in [0.25, 0.3) is 0 Å². The molecule has 4 nitrogen and oxygen atoms in total. The topological polar surface area (TPSA) is 39.7 Å². The standard InChI is InChI=1S/C23H27NO3S/c1-4-15-27-20-12-11-19(16-21(20)25-3)13-14-24-23(28)22(26-5-2)17-18-9-7-6-8-10-18/h1,6-12,16,22H,5,13-15,17H2,2-3H3,(H,24,28). The molecule has 0 saturated heterocycles. The summed E-state index contributed by atoms with van der Waals surface area (Å²) >= 11 is 5.57. The van der Waals surface area contributed by atoms with Gasteiger partial charge in [-0.3, -0.25) is 0 Å². The van der Waals surface area contributed by atoms with Gasteiger partial charge in [-0.25, -0.2) is 0 Å². The maximum atomic E-state index is 5.84. The van der Waals surface area contributed by atoms with Gasteiger partial charge in [0.05, 0.1) is 7.11 Å². The number of ether oxygens (including phenoxy) is 3. The van der Waals surface area contributed by atoms with Crippen molar-refractivity contribution in [3.05, 3.63) is 59.7 Å². The van der Waals surface area contributed by atoms with Crippen molar-refractivity contribution in [1.29, 1.82) is 0 Å². The van der Waals surface area contributed by atoms with Crippen molar-refractivity contribution in [1.82, 2.24) is 5.32 Å². The second-order valence-corrected chi connectivity index (χ2v) is 6.59. The first-order chi connectivity index (χ1) is 13.7. The maximum Gasteiger partial charge on any atom is 0.162 e. The van der Waals surface area contributed by atoms with Gasteiger partial charge in [0.15, 0.2) is 11.5 Å². The van der Waals surface area contributed by atoms with E-state index >= 15 is 0 Å². The first-order valence-electron chi connectivity index (χ1n) is 9.34. The van der Waals surface area contributed by atoms with Crippen molar-refractivity contribution in [3.8, 4) is 23.8 Å². The van der Waals surface area contributed by atoms with Crippen molar-refractivity contribution in [2.24, 2.45) is 0 Å². The summed E-state index contributed by atoms with van der Waals surface area (Å²) in [4.78, 5) is 0.728. The molecule has 0 aliphatic heterocycles. The molecule has 2 aromatic carbocycles. The van der Waals surface area contributed by atoms with Crippen molar-refractivity contribution in [2.75, 3.05) is 26.9 Å². The Morgan fingerprint density at radius 1 is 1.14 bits per heavy atom. The van der Waals surface area contributed by atoms with Crippen LogP contribution in [0.3, 0.4) is 0 Å². The first-order valence-corrected chi connectivity index (χ1v) is 9.75. The third-order valence-corrected chi connectivity index (χ3v) is 4.58. The Balaban J connectivity index is 1.89. The molecule has 0 radical (unpaired) electrons. The summed E-state index contributed by atoms with van der Waals surface area (Å²) in [5.74, 6) is 3.77.